The number of aliphatic carboxylic acids is 1. The van der Waals surface area contributed by atoms with Gasteiger partial charge in [-0.1, -0.05) is 12.1 Å². The number of hydrogen-bond donors (Lipinski definition) is 3. The number of rotatable bonds is 3. The van der Waals surface area contributed by atoms with E-state index >= 15 is 0 Å². The average molecular weight is 316 g/mol. The summed E-state index contributed by atoms with van der Waals surface area (Å²) < 4.78 is 0. The van der Waals surface area contributed by atoms with Gasteiger partial charge in [0.15, 0.2) is 0 Å². The van der Waals surface area contributed by atoms with E-state index in [1.54, 1.807) is 0 Å². The Bertz CT molecular complexity index is 592. The summed E-state index contributed by atoms with van der Waals surface area (Å²) in [6, 6.07) is 6.00. The number of hydrogen-bond acceptors (Lipinski definition) is 2. The number of carboxylic acids is 1. The van der Waals surface area contributed by atoms with Crippen molar-refractivity contribution in [1.82, 2.24) is 5.32 Å². The van der Waals surface area contributed by atoms with Crippen molar-refractivity contribution in [2.75, 3.05) is 5.32 Å². The summed E-state index contributed by atoms with van der Waals surface area (Å²) in [6.45, 7) is 0. The van der Waals surface area contributed by atoms with E-state index in [9.17, 15) is 9.59 Å². The minimum atomic E-state index is -0.719. The highest BCUT2D eigenvalue weighted by Crippen LogP contribution is 2.28. The first-order chi connectivity index (χ1) is 11.1. The molecule has 2 aliphatic rings. The van der Waals surface area contributed by atoms with Crippen molar-refractivity contribution >= 4 is 17.7 Å². The lowest BCUT2D eigenvalue weighted by atomic mass is 9.86. The predicted molar refractivity (Wildman–Crippen MR) is 88.6 cm³/mol. The second-order valence-electron chi connectivity index (χ2n) is 6.64. The Morgan fingerprint density at radius 2 is 1.78 bits per heavy atom. The van der Waals surface area contributed by atoms with Gasteiger partial charge in [0.1, 0.15) is 0 Å². The van der Waals surface area contributed by atoms with Gasteiger partial charge in [-0.25, -0.2) is 4.79 Å². The largest absolute Gasteiger partial charge is 0.481 e. The molecule has 124 valence electrons. The van der Waals surface area contributed by atoms with Crippen molar-refractivity contribution in [3.8, 4) is 0 Å². The van der Waals surface area contributed by atoms with Crippen LogP contribution in [0.3, 0.4) is 0 Å². The van der Waals surface area contributed by atoms with E-state index in [-0.39, 0.29) is 18.0 Å². The molecule has 3 N–H and O–H groups in total. The van der Waals surface area contributed by atoms with Crippen LogP contribution >= 0.6 is 0 Å². The van der Waals surface area contributed by atoms with Crippen LogP contribution in [0.15, 0.2) is 18.2 Å². The van der Waals surface area contributed by atoms with Crippen LogP contribution in [-0.2, 0) is 17.6 Å². The summed E-state index contributed by atoms with van der Waals surface area (Å²) in [4.78, 5) is 23.2. The standard InChI is InChI=1S/C18H24N2O3/c21-17(22)13-8-10-14(11-9-13)19-18(23)20-16-7-3-5-12-4-1-2-6-15(12)16/h3,5,7,13-14H,1-2,4,6,8-11H2,(H,21,22)(H2,19,20,23). The van der Waals surface area contributed by atoms with E-state index in [2.05, 4.69) is 16.7 Å². The average Bonchev–Trinajstić information content (AvgIpc) is 2.55. The number of benzene rings is 1. The zero-order valence-electron chi connectivity index (χ0n) is 13.3. The van der Waals surface area contributed by atoms with E-state index in [0.29, 0.717) is 12.8 Å². The fourth-order valence-electron chi connectivity index (χ4n) is 3.73. The van der Waals surface area contributed by atoms with Crippen LogP contribution in [0.2, 0.25) is 0 Å². The van der Waals surface area contributed by atoms with Gasteiger partial charge in [-0.05, 0) is 68.6 Å². The fraction of sp³-hybridized carbons (Fsp3) is 0.556. The van der Waals surface area contributed by atoms with E-state index in [4.69, 9.17) is 5.11 Å². The maximum Gasteiger partial charge on any atom is 0.319 e. The lowest BCUT2D eigenvalue weighted by molar-refractivity contribution is -0.142. The molecule has 1 saturated carbocycles. The first kappa shape index (κ1) is 15.8. The number of amides is 2. The number of urea groups is 1. The van der Waals surface area contributed by atoms with Crippen molar-refractivity contribution in [2.45, 2.75) is 57.4 Å². The molecule has 0 heterocycles. The molecule has 0 aromatic heterocycles. The van der Waals surface area contributed by atoms with E-state index in [1.807, 2.05) is 12.1 Å². The number of anilines is 1. The zero-order valence-corrected chi connectivity index (χ0v) is 13.3. The third kappa shape index (κ3) is 3.84. The van der Waals surface area contributed by atoms with Crippen molar-refractivity contribution in [3.05, 3.63) is 29.3 Å². The second kappa shape index (κ2) is 7.02. The molecule has 0 atom stereocenters. The normalized spacial score (nSPS) is 23.7. The highest BCUT2D eigenvalue weighted by Gasteiger charge is 2.26. The SMILES string of the molecule is O=C(Nc1cccc2c1CCCC2)NC1CCC(C(=O)O)CC1. The van der Waals surface area contributed by atoms with Crippen LogP contribution < -0.4 is 10.6 Å². The van der Waals surface area contributed by atoms with Gasteiger partial charge >= 0.3 is 12.0 Å². The molecule has 0 saturated heterocycles. The molecule has 0 bridgehead atoms. The highest BCUT2D eigenvalue weighted by atomic mass is 16.4. The monoisotopic (exact) mass is 316 g/mol. The highest BCUT2D eigenvalue weighted by molar-refractivity contribution is 5.90. The van der Waals surface area contributed by atoms with Gasteiger partial charge in [0.05, 0.1) is 5.92 Å². The summed E-state index contributed by atoms with van der Waals surface area (Å²) in [5, 5.41) is 15.0. The third-order valence-corrected chi connectivity index (χ3v) is 5.06. The van der Waals surface area contributed by atoms with Crippen molar-refractivity contribution in [1.29, 1.82) is 0 Å². The third-order valence-electron chi connectivity index (χ3n) is 5.06. The Morgan fingerprint density at radius 3 is 2.52 bits per heavy atom. The number of carbonyl (C=O) groups is 2. The van der Waals surface area contributed by atoms with Crippen LogP contribution in [0.1, 0.15) is 49.7 Å². The van der Waals surface area contributed by atoms with Gasteiger partial charge in [0, 0.05) is 11.7 Å². The molecule has 0 aliphatic heterocycles. The second-order valence-corrected chi connectivity index (χ2v) is 6.64. The minimum absolute atomic E-state index is 0.0742. The summed E-state index contributed by atoms with van der Waals surface area (Å²) in [6.07, 6.45) is 7.25. The molecule has 0 unspecified atom stereocenters. The molecule has 5 heteroatoms. The Hall–Kier alpha value is -2.04. The molecular formula is C18H24N2O3. The maximum atomic E-state index is 12.2. The van der Waals surface area contributed by atoms with Gasteiger partial charge < -0.3 is 15.7 Å². The Morgan fingerprint density at radius 1 is 1.04 bits per heavy atom. The minimum Gasteiger partial charge on any atom is -0.481 e. The topological polar surface area (TPSA) is 78.4 Å². The van der Waals surface area contributed by atoms with Crippen LogP contribution in [0.25, 0.3) is 0 Å². The number of carbonyl (C=O) groups excluding carboxylic acids is 1. The molecule has 1 fully saturated rings. The number of nitrogens with one attached hydrogen (secondary N) is 2. The van der Waals surface area contributed by atoms with Crippen molar-refractivity contribution in [2.24, 2.45) is 5.92 Å². The van der Waals surface area contributed by atoms with E-state index < -0.39 is 5.97 Å². The van der Waals surface area contributed by atoms with Crippen LogP contribution in [0, 0.1) is 5.92 Å². The Kier molecular flexibility index (Phi) is 4.84. The van der Waals surface area contributed by atoms with E-state index in [1.165, 1.54) is 24.0 Å². The summed E-state index contributed by atoms with van der Waals surface area (Å²) >= 11 is 0. The molecular weight excluding hydrogens is 292 g/mol. The molecule has 1 aromatic rings. The first-order valence-corrected chi connectivity index (χ1v) is 8.54. The van der Waals surface area contributed by atoms with Crippen LogP contribution in [-0.4, -0.2) is 23.1 Å². The number of aryl methyl sites for hydroxylation is 1. The molecule has 0 radical (unpaired) electrons. The maximum absolute atomic E-state index is 12.2. The summed E-state index contributed by atoms with van der Waals surface area (Å²) in [5.41, 5.74) is 3.53. The molecule has 2 aliphatic carbocycles. The zero-order chi connectivity index (χ0) is 16.2. The molecule has 1 aromatic carbocycles. The first-order valence-electron chi connectivity index (χ1n) is 8.54. The fourth-order valence-corrected chi connectivity index (χ4v) is 3.73. The Balaban J connectivity index is 1.55. The van der Waals surface area contributed by atoms with Crippen LogP contribution in [0.5, 0.6) is 0 Å². The van der Waals surface area contributed by atoms with Crippen molar-refractivity contribution in [3.63, 3.8) is 0 Å². The van der Waals surface area contributed by atoms with Crippen molar-refractivity contribution < 1.29 is 14.7 Å². The van der Waals surface area contributed by atoms with Gasteiger partial charge in [-0.2, -0.15) is 0 Å². The predicted octanol–water partition coefficient (Wildman–Crippen LogP) is 3.33. The van der Waals surface area contributed by atoms with E-state index in [0.717, 1.165) is 31.4 Å². The number of fused-ring (bicyclic) bond motifs is 1. The van der Waals surface area contributed by atoms with Gasteiger partial charge in [-0.3, -0.25) is 4.79 Å². The van der Waals surface area contributed by atoms with Gasteiger partial charge in [-0.15, -0.1) is 0 Å². The molecule has 3 rings (SSSR count). The molecule has 23 heavy (non-hydrogen) atoms. The quantitative estimate of drug-likeness (QED) is 0.800. The van der Waals surface area contributed by atoms with Gasteiger partial charge in [0.2, 0.25) is 0 Å². The molecule has 0 spiro atoms. The number of carboxylic acid groups (broad SMARTS) is 1. The lowest BCUT2D eigenvalue weighted by Crippen LogP contribution is -2.41. The van der Waals surface area contributed by atoms with Gasteiger partial charge in [0.25, 0.3) is 0 Å². The van der Waals surface area contributed by atoms with Crippen LogP contribution in [0.4, 0.5) is 10.5 Å². The molecule has 5 nitrogen and oxygen atoms in total. The summed E-state index contributed by atoms with van der Waals surface area (Å²) in [5.74, 6) is -0.971. The lowest BCUT2D eigenvalue weighted by Gasteiger charge is -2.27. The summed E-state index contributed by atoms with van der Waals surface area (Å²) in [7, 11) is 0. The Labute approximate surface area is 136 Å². The molecule has 2 amide bonds. The smallest absolute Gasteiger partial charge is 0.319 e.